The summed E-state index contributed by atoms with van der Waals surface area (Å²) in [7, 11) is 0. The first-order valence-corrected chi connectivity index (χ1v) is 8.67. The van der Waals surface area contributed by atoms with E-state index < -0.39 is 0 Å². The van der Waals surface area contributed by atoms with Crippen molar-refractivity contribution in [3.05, 3.63) is 0 Å². The predicted molar refractivity (Wildman–Crippen MR) is 79.3 cm³/mol. The number of nitrogens with one attached hydrogen (secondary N) is 1. The van der Waals surface area contributed by atoms with Crippen molar-refractivity contribution in [2.75, 3.05) is 6.61 Å². The molecule has 3 fully saturated rings. The zero-order valence-electron chi connectivity index (χ0n) is 12.6. The van der Waals surface area contributed by atoms with E-state index in [1.165, 1.54) is 70.6 Å². The van der Waals surface area contributed by atoms with Crippen LogP contribution >= 0.6 is 0 Å². The van der Waals surface area contributed by atoms with E-state index in [4.69, 9.17) is 4.74 Å². The van der Waals surface area contributed by atoms with E-state index in [0.717, 1.165) is 12.5 Å². The predicted octanol–water partition coefficient (Wildman–Crippen LogP) is 4.04. The maximum absolute atomic E-state index is 6.14. The Morgan fingerprint density at radius 2 is 1.74 bits per heavy atom. The maximum Gasteiger partial charge on any atom is 0.0697 e. The first-order chi connectivity index (χ1) is 9.27. The molecule has 0 bridgehead atoms. The van der Waals surface area contributed by atoms with Crippen LogP contribution in [0.2, 0.25) is 0 Å². The second kappa shape index (κ2) is 6.13. The Kier molecular flexibility index (Phi) is 4.48. The molecule has 0 radical (unpaired) electrons. The van der Waals surface area contributed by atoms with Crippen LogP contribution in [0.25, 0.3) is 0 Å². The van der Waals surface area contributed by atoms with Crippen LogP contribution in [-0.4, -0.2) is 24.3 Å². The summed E-state index contributed by atoms with van der Waals surface area (Å²) in [4.78, 5) is 0. The summed E-state index contributed by atoms with van der Waals surface area (Å²) in [6.07, 6.45) is 15.1. The van der Waals surface area contributed by atoms with Crippen LogP contribution in [0, 0.1) is 5.92 Å². The Bertz CT molecular complexity index is 279. The fourth-order valence-corrected chi connectivity index (χ4v) is 4.68. The minimum absolute atomic E-state index is 0.266. The number of ether oxygens (including phenoxy) is 1. The van der Waals surface area contributed by atoms with E-state index in [2.05, 4.69) is 12.2 Å². The number of hydrogen-bond acceptors (Lipinski definition) is 2. The van der Waals surface area contributed by atoms with Crippen LogP contribution < -0.4 is 5.32 Å². The molecule has 3 rings (SSSR count). The van der Waals surface area contributed by atoms with Gasteiger partial charge in [-0.3, -0.25) is 0 Å². The van der Waals surface area contributed by atoms with Crippen molar-refractivity contribution in [1.82, 2.24) is 5.32 Å². The van der Waals surface area contributed by atoms with Gasteiger partial charge in [-0.05, 0) is 51.4 Å². The highest BCUT2D eigenvalue weighted by molar-refractivity contribution is 4.94. The molecule has 0 amide bonds. The molecule has 1 saturated heterocycles. The molecule has 19 heavy (non-hydrogen) atoms. The summed E-state index contributed by atoms with van der Waals surface area (Å²) in [5.41, 5.74) is 0.266. The highest BCUT2D eigenvalue weighted by Gasteiger charge is 2.40. The van der Waals surface area contributed by atoms with Crippen LogP contribution in [0.1, 0.15) is 77.6 Å². The van der Waals surface area contributed by atoms with Gasteiger partial charge in [-0.2, -0.15) is 0 Å². The monoisotopic (exact) mass is 265 g/mol. The molecular formula is C17H31NO. The standard InChI is InChI=1S/C17H31NO/c1-14(15-7-3-2-4-8-15)18-16-9-12-19-17(13-16)10-5-6-11-17/h14-16,18H,2-13H2,1H3. The highest BCUT2D eigenvalue weighted by Crippen LogP contribution is 2.40. The van der Waals surface area contributed by atoms with E-state index in [1.54, 1.807) is 0 Å². The Morgan fingerprint density at radius 3 is 2.47 bits per heavy atom. The largest absolute Gasteiger partial charge is 0.375 e. The lowest BCUT2D eigenvalue weighted by molar-refractivity contribution is -0.0853. The quantitative estimate of drug-likeness (QED) is 0.831. The van der Waals surface area contributed by atoms with Gasteiger partial charge in [0.25, 0.3) is 0 Å². The molecule has 2 heteroatoms. The van der Waals surface area contributed by atoms with Crippen molar-refractivity contribution in [2.45, 2.75) is 95.2 Å². The Balaban J connectivity index is 1.51. The van der Waals surface area contributed by atoms with Gasteiger partial charge >= 0.3 is 0 Å². The molecule has 2 unspecified atom stereocenters. The molecule has 2 nitrogen and oxygen atoms in total. The maximum atomic E-state index is 6.14. The van der Waals surface area contributed by atoms with Gasteiger partial charge in [-0.1, -0.05) is 32.1 Å². The molecule has 2 aliphatic carbocycles. The van der Waals surface area contributed by atoms with Gasteiger partial charge in [0.1, 0.15) is 0 Å². The van der Waals surface area contributed by atoms with Gasteiger partial charge in [0.2, 0.25) is 0 Å². The summed E-state index contributed by atoms with van der Waals surface area (Å²) < 4.78 is 6.14. The Morgan fingerprint density at radius 1 is 1.00 bits per heavy atom. The lowest BCUT2D eigenvalue weighted by atomic mass is 9.83. The van der Waals surface area contributed by atoms with Crippen molar-refractivity contribution < 1.29 is 4.74 Å². The molecular weight excluding hydrogens is 234 g/mol. The second-order valence-electron chi connectivity index (χ2n) is 7.28. The van der Waals surface area contributed by atoms with Crippen molar-refractivity contribution in [3.63, 3.8) is 0 Å². The normalized spacial score (nSPS) is 33.6. The third-order valence-corrected chi connectivity index (χ3v) is 5.86. The zero-order chi connectivity index (χ0) is 13.1. The summed E-state index contributed by atoms with van der Waals surface area (Å²) in [6.45, 7) is 3.40. The van der Waals surface area contributed by atoms with E-state index in [-0.39, 0.29) is 5.60 Å². The Hall–Kier alpha value is -0.0800. The first kappa shape index (κ1) is 13.9. The molecule has 2 atom stereocenters. The van der Waals surface area contributed by atoms with Crippen molar-refractivity contribution >= 4 is 0 Å². The third-order valence-electron chi connectivity index (χ3n) is 5.86. The van der Waals surface area contributed by atoms with Crippen molar-refractivity contribution in [2.24, 2.45) is 5.92 Å². The van der Waals surface area contributed by atoms with E-state index in [0.29, 0.717) is 12.1 Å². The summed E-state index contributed by atoms with van der Waals surface area (Å²) in [6, 6.07) is 1.42. The minimum Gasteiger partial charge on any atom is -0.375 e. The van der Waals surface area contributed by atoms with Gasteiger partial charge in [0.15, 0.2) is 0 Å². The van der Waals surface area contributed by atoms with Gasteiger partial charge in [0, 0.05) is 18.7 Å². The molecule has 0 aromatic carbocycles. The lowest BCUT2D eigenvalue weighted by Gasteiger charge is -2.41. The molecule has 0 aromatic rings. The van der Waals surface area contributed by atoms with Crippen molar-refractivity contribution in [1.29, 1.82) is 0 Å². The average molecular weight is 265 g/mol. The first-order valence-electron chi connectivity index (χ1n) is 8.67. The van der Waals surface area contributed by atoms with Gasteiger partial charge in [0.05, 0.1) is 5.60 Å². The van der Waals surface area contributed by atoms with Gasteiger partial charge < -0.3 is 10.1 Å². The zero-order valence-corrected chi connectivity index (χ0v) is 12.6. The van der Waals surface area contributed by atoms with Crippen LogP contribution in [0.5, 0.6) is 0 Å². The molecule has 1 heterocycles. The SMILES string of the molecule is CC(NC1CCOC2(CCCC2)C1)C1CCCCC1. The van der Waals surface area contributed by atoms with E-state index >= 15 is 0 Å². The molecule has 0 aromatic heterocycles. The van der Waals surface area contributed by atoms with Crippen molar-refractivity contribution in [3.8, 4) is 0 Å². The molecule has 110 valence electrons. The number of hydrogen-bond donors (Lipinski definition) is 1. The smallest absolute Gasteiger partial charge is 0.0697 e. The highest BCUT2D eigenvalue weighted by atomic mass is 16.5. The molecule has 1 N–H and O–H groups in total. The average Bonchev–Trinajstić information content (AvgIpc) is 2.88. The lowest BCUT2D eigenvalue weighted by Crippen LogP contribution is -2.49. The number of rotatable bonds is 3. The molecule has 1 aliphatic heterocycles. The van der Waals surface area contributed by atoms with Crippen LogP contribution in [0.3, 0.4) is 0 Å². The summed E-state index contributed by atoms with van der Waals surface area (Å²) >= 11 is 0. The van der Waals surface area contributed by atoms with Gasteiger partial charge in [-0.15, -0.1) is 0 Å². The van der Waals surface area contributed by atoms with Crippen LogP contribution in [-0.2, 0) is 4.74 Å². The molecule has 3 aliphatic rings. The van der Waals surface area contributed by atoms with E-state index in [9.17, 15) is 0 Å². The molecule has 2 saturated carbocycles. The minimum atomic E-state index is 0.266. The fraction of sp³-hybridized carbons (Fsp3) is 1.00. The van der Waals surface area contributed by atoms with Crippen LogP contribution in [0.4, 0.5) is 0 Å². The third kappa shape index (κ3) is 3.33. The van der Waals surface area contributed by atoms with Gasteiger partial charge in [-0.25, -0.2) is 0 Å². The van der Waals surface area contributed by atoms with Crippen LogP contribution in [0.15, 0.2) is 0 Å². The topological polar surface area (TPSA) is 21.3 Å². The molecule has 1 spiro atoms. The van der Waals surface area contributed by atoms with E-state index in [1.807, 2.05) is 0 Å². The second-order valence-corrected chi connectivity index (χ2v) is 7.28. The summed E-state index contributed by atoms with van der Waals surface area (Å²) in [5.74, 6) is 0.927. The summed E-state index contributed by atoms with van der Waals surface area (Å²) in [5, 5.41) is 3.96. The fourth-order valence-electron chi connectivity index (χ4n) is 4.68. The Labute approximate surface area is 118 Å².